The van der Waals surface area contributed by atoms with Crippen LogP contribution in [0.15, 0.2) is 6.33 Å². The molecule has 0 radical (unpaired) electrons. The van der Waals surface area contributed by atoms with Gasteiger partial charge in [0.15, 0.2) is 0 Å². The lowest BCUT2D eigenvalue weighted by molar-refractivity contribution is -0.142. The van der Waals surface area contributed by atoms with Gasteiger partial charge in [0.25, 0.3) is 0 Å². The molecule has 0 saturated carbocycles. The van der Waals surface area contributed by atoms with Crippen LogP contribution in [0.2, 0.25) is 0 Å². The number of likely N-dealkylation sites (tertiary alicyclic amines) is 1. The predicted molar refractivity (Wildman–Crippen MR) is 59.6 cm³/mol. The molecule has 6 nitrogen and oxygen atoms in total. The Kier molecular flexibility index (Phi) is 2.95. The number of aromatic nitrogens is 3. The van der Waals surface area contributed by atoms with Gasteiger partial charge in [-0.15, -0.1) is 0 Å². The van der Waals surface area contributed by atoms with Crippen LogP contribution in [0.4, 0.5) is 0 Å². The number of hydrogen-bond donors (Lipinski definition) is 1. The Morgan fingerprint density at radius 1 is 1.41 bits per heavy atom. The van der Waals surface area contributed by atoms with Crippen LogP contribution in [-0.2, 0) is 16.1 Å². The maximum absolute atomic E-state index is 12.3. The number of nitrogens with one attached hydrogen (secondary N) is 1. The van der Waals surface area contributed by atoms with Crippen LogP contribution in [0.1, 0.15) is 38.9 Å². The average molecular weight is 236 g/mol. The van der Waals surface area contributed by atoms with Gasteiger partial charge in [0.2, 0.25) is 11.8 Å². The zero-order valence-corrected chi connectivity index (χ0v) is 10.1. The number of amides is 2. The molecule has 1 aromatic heterocycles. The van der Waals surface area contributed by atoms with E-state index in [1.807, 2.05) is 13.8 Å². The molecule has 0 aromatic carbocycles. The number of H-pyrrole nitrogens is 1. The smallest absolute Gasteiger partial charge is 0.236 e. The zero-order chi connectivity index (χ0) is 12.5. The van der Waals surface area contributed by atoms with Crippen LogP contribution in [0.25, 0.3) is 0 Å². The highest BCUT2D eigenvalue weighted by molar-refractivity contribution is 6.05. The van der Waals surface area contributed by atoms with Gasteiger partial charge >= 0.3 is 0 Å². The molecule has 6 heteroatoms. The van der Waals surface area contributed by atoms with Crippen LogP contribution >= 0.6 is 0 Å². The van der Waals surface area contributed by atoms with E-state index in [9.17, 15) is 9.59 Å². The highest BCUT2D eigenvalue weighted by Gasteiger charge is 2.49. The van der Waals surface area contributed by atoms with Crippen molar-refractivity contribution in [2.75, 3.05) is 0 Å². The third-order valence-electron chi connectivity index (χ3n) is 3.62. The molecule has 17 heavy (non-hydrogen) atoms. The normalized spacial score (nSPS) is 19.1. The standard InChI is InChI=1S/C11H16N4O2/c1-3-11(4-2)5-9(16)15(10(11)17)6-8-12-7-13-14-8/h7H,3-6H2,1-2H3,(H,12,13,14). The third-order valence-corrected chi connectivity index (χ3v) is 3.62. The first-order chi connectivity index (χ1) is 8.13. The van der Waals surface area contributed by atoms with E-state index in [2.05, 4.69) is 15.2 Å². The minimum absolute atomic E-state index is 0.0797. The van der Waals surface area contributed by atoms with Gasteiger partial charge < -0.3 is 0 Å². The molecule has 2 rings (SSSR count). The SMILES string of the molecule is CCC1(CC)CC(=O)N(Cc2ncn[nH]2)C1=O. The molecule has 92 valence electrons. The van der Waals surface area contributed by atoms with Crippen molar-refractivity contribution in [1.82, 2.24) is 20.1 Å². The van der Waals surface area contributed by atoms with Gasteiger partial charge in [-0.1, -0.05) is 13.8 Å². The van der Waals surface area contributed by atoms with E-state index in [1.165, 1.54) is 11.2 Å². The molecular weight excluding hydrogens is 220 g/mol. The van der Waals surface area contributed by atoms with Crippen LogP contribution in [0.5, 0.6) is 0 Å². The summed E-state index contributed by atoms with van der Waals surface area (Å²) in [4.78, 5) is 29.4. The van der Waals surface area contributed by atoms with Gasteiger partial charge in [-0.2, -0.15) is 5.10 Å². The van der Waals surface area contributed by atoms with E-state index in [-0.39, 0.29) is 18.4 Å². The maximum atomic E-state index is 12.3. The number of rotatable bonds is 4. The van der Waals surface area contributed by atoms with E-state index in [4.69, 9.17) is 0 Å². The van der Waals surface area contributed by atoms with Crippen molar-refractivity contribution in [2.45, 2.75) is 39.7 Å². The second-order valence-electron chi connectivity index (χ2n) is 4.38. The Labute approximate surface area is 99.4 Å². The molecule has 2 amide bonds. The monoisotopic (exact) mass is 236 g/mol. The maximum Gasteiger partial charge on any atom is 0.236 e. The van der Waals surface area contributed by atoms with Gasteiger partial charge in [0.1, 0.15) is 12.2 Å². The highest BCUT2D eigenvalue weighted by atomic mass is 16.2. The van der Waals surface area contributed by atoms with Gasteiger partial charge in [0.05, 0.1) is 12.0 Å². The van der Waals surface area contributed by atoms with E-state index in [0.29, 0.717) is 25.1 Å². The zero-order valence-electron chi connectivity index (χ0n) is 10.1. The quantitative estimate of drug-likeness (QED) is 0.787. The van der Waals surface area contributed by atoms with E-state index < -0.39 is 5.41 Å². The summed E-state index contributed by atoms with van der Waals surface area (Å²) in [6.07, 6.45) is 3.07. The molecule has 1 aromatic rings. The van der Waals surface area contributed by atoms with E-state index in [1.54, 1.807) is 0 Å². The highest BCUT2D eigenvalue weighted by Crippen LogP contribution is 2.39. The summed E-state index contributed by atoms with van der Waals surface area (Å²) in [7, 11) is 0. The van der Waals surface area contributed by atoms with Crippen LogP contribution in [0, 0.1) is 5.41 Å². The molecule has 0 unspecified atom stereocenters. The number of aromatic amines is 1. The minimum Gasteiger partial charge on any atom is -0.274 e. The lowest BCUT2D eigenvalue weighted by atomic mass is 9.81. The minimum atomic E-state index is -0.503. The van der Waals surface area contributed by atoms with Gasteiger partial charge in [0, 0.05) is 6.42 Å². The summed E-state index contributed by atoms with van der Waals surface area (Å²) in [6, 6.07) is 0. The summed E-state index contributed by atoms with van der Waals surface area (Å²) < 4.78 is 0. The largest absolute Gasteiger partial charge is 0.274 e. The predicted octanol–water partition coefficient (Wildman–Crippen LogP) is 0.870. The second kappa shape index (κ2) is 4.27. The summed E-state index contributed by atoms with van der Waals surface area (Å²) >= 11 is 0. The fourth-order valence-electron chi connectivity index (χ4n) is 2.28. The average Bonchev–Trinajstić information content (AvgIpc) is 2.91. The van der Waals surface area contributed by atoms with Gasteiger partial charge in [-0.05, 0) is 12.8 Å². The van der Waals surface area contributed by atoms with E-state index in [0.717, 1.165) is 0 Å². The Balaban J connectivity index is 2.19. The first-order valence-electron chi connectivity index (χ1n) is 5.82. The molecule has 0 atom stereocenters. The molecule has 0 bridgehead atoms. The Bertz CT molecular complexity index is 423. The first kappa shape index (κ1) is 11.8. The molecule has 1 aliphatic heterocycles. The lowest BCUT2D eigenvalue weighted by Crippen LogP contribution is -2.35. The van der Waals surface area contributed by atoms with Crippen LogP contribution in [-0.4, -0.2) is 31.9 Å². The Hall–Kier alpha value is -1.72. The summed E-state index contributed by atoms with van der Waals surface area (Å²) in [5.74, 6) is 0.341. The number of nitrogens with zero attached hydrogens (tertiary/aromatic N) is 3. The molecule has 1 fully saturated rings. The molecule has 2 heterocycles. The van der Waals surface area contributed by atoms with Crippen LogP contribution in [0.3, 0.4) is 0 Å². The fraction of sp³-hybridized carbons (Fsp3) is 0.636. The number of imide groups is 1. The molecule has 0 spiro atoms. The Morgan fingerprint density at radius 3 is 2.59 bits per heavy atom. The van der Waals surface area contributed by atoms with Crippen molar-refractivity contribution in [3.05, 3.63) is 12.2 Å². The van der Waals surface area contributed by atoms with Crippen molar-refractivity contribution >= 4 is 11.8 Å². The van der Waals surface area contributed by atoms with Crippen molar-refractivity contribution in [3.8, 4) is 0 Å². The first-order valence-corrected chi connectivity index (χ1v) is 5.82. The molecule has 0 aliphatic carbocycles. The van der Waals surface area contributed by atoms with E-state index >= 15 is 0 Å². The third kappa shape index (κ3) is 1.83. The van der Waals surface area contributed by atoms with Crippen molar-refractivity contribution in [1.29, 1.82) is 0 Å². The molecule has 1 aliphatic rings. The molecule has 1 N–H and O–H groups in total. The molecular formula is C11H16N4O2. The van der Waals surface area contributed by atoms with Gasteiger partial charge in [-0.25, -0.2) is 4.98 Å². The summed E-state index contributed by atoms with van der Waals surface area (Å²) in [5.41, 5.74) is -0.503. The second-order valence-corrected chi connectivity index (χ2v) is 4.38. The lowest BCUT2D eigenvalue weighted by Gasteiger charge is -2.23. The van der Waals surface area contributed by atoms with Crippen molar-refractivity contribution in [3.63, 3.8) is 0 Å². The van der Waals surface area contributed by atoms with Crippen LogP contribution < -0.4 is 0 Å². The summed E-state index contributed by atoms with van der Waals surface area (Å²) in [5, 5.41) is 6.37. The molecule has 1 saturated heterocycles. The Morgan fingerprint density at radius 2 is 2.12 bits per heavy atom. The number of carbonyl (C=O) groups is 2. The number of hydrogen-bond acceptors (Lipinski definition) is 4. The van der Waals surface area contributed by atoms with Crippen molar-refractivity contribution < 1.29 is 9.59 Å². The number of carbonyl (C=O) groups excluding carboxylic acids is 2. The van der Waals surface area contributed by atoms with Gasteiger partial charge in [-0.3, -0.25) is 19.6 Å². The van der Waals surface area contributed by atoms with Crippen molar-refractivity contribution in [2.24, 2.45) is 5.41 Å². The topological polar surface area (TPSA) is 79.0 Å². The summed E-state index contributed by atoms with van der Waals surface area (Å²) in [6.45, 7) is 4.10. The fourth-order valence-corrected chi connectivity index (χ4v) is 2.28.